The molecule has 0 saturated heterocycles. The number of allylic oxidation sites excluding steroid dienone is 1. The molecule has 44 heavy (non-hydrogen) atoms. The molecule has 0 N–H and O–H groups in total. The van der Waals surface area contributed by atoms with Crippen LogP contribution in [0.4, 0.5) is 5.69 Å². The van der Waals surface area contributed by atoms with Crippen LogP contribution in [0, 0.1) is 10.1 Å². The van der Waals surface area contributed by atoms with E-state index in [1.807, 2.05) is 6.92 Å². The number of aromatic nitrogens is 1. The normalized spacial score (nSPS) is 15.6. The van der Waals surface area contributed by atoms with Crippen LogP contribution in [-0.2, 0) is 9.53 Å². The van der Waals surface area contributed by atoms with E-state index in [1.165, 1.54) is 17.7 Å². The van der Waals surface area contributed by atoms with Crippen LogP contribution in [0.5, 0.6) is 17.2 Å². The van der Waals surface area contributed by atoms with Gasteiger partial charge in [0.15, 0.2) is 16.3 Å². The first-order valence-electron chi connectivity index (χ1n) is 13.9. The van der Waals surface area contributed by atoms with Crippen molar-refractivity contribution in [3.63, 3.8) is 0 Å². The molecule has 0 bridgehead atoms. The summed E-state index contributed by atoms with van der Waals surface area (Å²) < 4.78 is 29.4. The Hall–Kier alpha value is -5.17. The highest BCUT2D eigenvalue weighted by atomic mass is 32.1. The number of nitro benzene ring substituents is 1. The van der Waals surface area contributed by atoms with E-state index in [4.69, 9.17) is 28.4 Å². The number of furan rings is 1. The standard InChI is InChI=1S/C31H27N3O9S/c1-4-6-21-27(30(36)40-5-2)28(17-7-11-24-25(13-17)42-16-41-24)33-29(35)26(44-31(33)32-21)15-19-9-12-23(43-19)20-10-8-18(39-3)14-22(20)34(37)38/h7-15,28H,4-6,16H2,1-3H3/b26-15-. The maximum absolute atomic E-state index is 14.0. The lowest BCUT2D eigenvalue weighted by molar-refractivity contribution is -0.384. The first kappa shape index (κ1) is 28.9. The molecule has 6 rings (SSSR count). The fraction of sp³-hybridized carbons (Fsp3) is 0.258. The molecule has 0 amide bonds. The number of esters is 1. The SMILES string of the molecule is CCCC1=C(C(=O)OCC)C(c2ccc3c(c2)OCO3)n2c(s/c(=C\c3ccc(-c4ccc(OC)cc4[N+](=O)[O-])o3)c2=O)=N1. The van der Waals surface area contributed by atoms with Crippen LogP contribution in [0.1, 0.15) is 44.1 Å². The summed E-state index contributed by atoms with van der Waals surface area (Å²) in [5.74, 6) is 1.45. The van der Waals surface area contributed by atoms with Gasteiger partial charge in [-0.3, -0.25) is 19.5 Å². The molecule has 0 radical (unpaired) electrons. The molecule has 226 valence electrons. The minimum Gasteiger partial charge on any atom is -0.497 e. The average Bonchev–Trinajstić information content (AvgIpc) is 3.75. The summed E-state index contributed by atoms with van der Waals surface area (Å²) in [6.45, 7) is 3.94. The van der Waals surface area contributed by atoms with Crippen LogP contribution < -0.4 is 29.1 Å². The average molecular weight is 618 g/mol. The number of rotatable bonds is 9. The van der Waals surface area contributed by atoms with Gasteiger partial charge in [-0.25, -0.2) is 9.79 Å². The van der Waals surface area contributed by atoms with E-state index in [0.717, 1.165) is 17.8 Å². The number of carbonyl (C=O) groups excluding carboxylic acids is 1. The number of methoxy groups -OCH3 is 1. The van der Waals surface area contributed by atoms with Crippen molar-refractivity contribution >= 4 is 29.1 Å². The van der Waals surface area contributed by atoms with Crippen LogP contribution in [-0.4, -0.2) is 36.0 Å². The number of hydrogen-bond acceptors (Lipinski definition) is 11. The van der Waals surface area contributed by atoms with E-state index in [0.29, 0.717) is 55.6 Å². The molecule has 2 aromatic heterocycles. The van der Waals surface area contributed by atoms with Crippen LogP contribution in [0.3, 0.4) is 0 Å². The summed E-state index contributed by atoms with van der Waals surface area (Å²) in [5.41, 5.74) is 1.18. The van der Waals surface area contributed by atoms with Crippen molar-refractivity contribution in [1.29, 1.82) is 0 Å². The first-order valence-corrected chi connectivity index (χ1v) is 14.7. The largest absolute Gasteiger partial charge is 0.497 e. The predicted octanol–water partition coefficient (Wildman–Crippen LogP) is 4.48. The number of ether oxygens (including phenoxy) is 4. The van der Waals surface area contributed by atoms with Gasteiger partial charge in [0.2, 0.25) is 6.79 Å². The zero-order valence-electron chi connectivity index (χ0n) is 24.0. The number of nitro groups is 1. The Morgan fingerprint density at radius 1 is 1.16 bits per heavy atom. The summed E-state index contributed by atoms with van der Waals surface area (Å²) in [6, 6.07) is 12.2. The molecular formula is C31H27N3O9S. The van der Waals surface area contributed by atoms with Crippen molar-refractivity contribution in [2.24, 2.45) is 4.99 Å². The van der Waals surface area contributed by atoms with Crippen molar-refractivity contribution < 1.29 is 33.1 Å². The summed E-state index contributed by atoms with van der Waals surface area (Å²) in [4.78, 5) is 43.8. The van der Waals surface area contributed by atoms with E-state index in [9.17, 15) is 19.7 Å². The Balaban J connectivity index is 1.49. The fourth-order valence-electron chi connectivity index (χ4n) is 5.22. The maximum atomic E-state index is 14.0. The van der Waals surface area contributed by atoms with E-state index < -0.39 is 16.9 Å². The number of thiazole rings is 1. The number of nitrogens with zero attached hydrogens (tertiary/aromatic N) is 3. The third kappa shape index (κ3) is 5.15. The highest BCUT2D eigenvalue weighted by molar-refractivity contribution is 7.07. The van der Waals surface area contributed by atoms with Gasteiger partial charge in [-0.15, -0.1) is 0 Å². The third-order valence-corrected chi connectivity index (χ3v) is 8.15. The number of carbonyl (C=O) groups is 1. The van der Waals surface area contributed by atoms with Crippen LogP contribution >= 0.6 is 11.3 Å². The van der Waals surface area contributed by atoms with Gasteiger partial charge >= 0.3 is 5.97 Å². The molecular weight excluding hydrogens is 590 g/mol. The molecule has 1 unspecified atom stereocenters. The first-order chi connectivity index (χ1) is 21.3. The topological polar surface area (TPSA) is 145 Å². The number of hydrogen-bond donors (Lipinski definition) is 0. The number of benzene rings is 2. The van der Waals surface area contributed by atoms with Crippen molar-refractivity contribution in [2.75, 3.05) is 20.5 Å². The minimum atomic E-state index is -0.822. The Labute approximate surface area is 254 Å². The monoisotopic (exact) mass is 617 g/mol. The molecule has 2 aliphatic rings. The molecule has 0 aliphatic carbocycles. The number of fused-ring (bicyclic) bond motifs is 2. The second-order valence-electron chi connectivity index (χ2n) is 9.87. The highest BCUT2D eigenvalue weighted by Gasteiger charge is 2.35. The van der Waals surface area contributed by atoms with Crippen molar-refractivity contribution in [1.82, 2.24) is 4.57 Å². The smallest absolute Gasteiger partial charge is 0.338 e. The zero-order chi connectivity index (χ0) is 31.0. The molecule has 0 fully saturated rings. The molecule has 0 spiro atoms. The molecule has 13 heteroatoms. The molecule has 2 aromatic carbocycles. The van der Waals surface area contributed by atoms with Gasteiger partial charge < -0.3 is 23.4 Å². The van der Waals surface area contributed by atoms with Gasteiger partial charge in [-0.05, 0) is 55.3 Å². The molecule has 4 heterocycles. The van der Waals surface area contributed by atoms with Crippen molar-refractivity contribution in [3.05, 3.63) is 101 Å². The Kier molecular flexibility index (Phi) is 7.78. The van der Waals surface area contributed by atoms with Crippen LogP contribution in [0.25, 0.3) is 17.4 Å². The summed E-state index contributed by atoms with van der Waals surface area (Å²) >= 11 is 1.16. The van der Waals surface area contributed by atoms with E-state index in [-0.39, 0.29) is 36.0 Å². The summed E-state index contributed by atoms with van der Waals surface area (Å²) in [7, 11) is 1.43. The second kappa shape index (κ2) is 11.8. The minimum absolute atomic E-state index is 0.0774. The van der Waals surface area contributed by atoms with Crippen LogP contribution in [0.15, 0.2) is 74.0 Å². The zero-order valence-corrected chi connectivity index (χ0v) is 24.8. The van der Waals surface area contributed by atoms with Gasteiger partial charge in [0, 0.05) is 6.08 Å². The second-order valence-corrected chi connectivity index (χ2v) is 10.9. The Morgan fingerprint density at radius 2 is 1.98 bits per heavy atom. The van der Waals surface area contributed by atoms with Crippen LogP contribution in [0.2, 0.25) is 0 Å². The quantitative estimate of drug-likeness (QED) is 0.151. The predicted molar refractivity (Wildman–Crippen MR) is 160 cm³/mol. The van der Waals surface area contributed by atoms with Crippen molar-refractivity contribution in [2.45, 2.75) is 32.7 Å². The maximum Gasteiger partial charge on any atom is 0.338 e. The van der Waals surface area contributed by atoms with Gasteiger partial charge in [0.1, 0.15) is 17.3 Å². The molecule has 0 saturated carbocycles. The molecule has 4 aromatic rings. The third-order valence-electron chi connectivity index (χ3n) is 7.17. The lowest BCUT2D eigenvalue weighted by Crippen LogP contribution is -2.40. The Morgan fingerprint density at radius 3 is 2.73 bits per heavy atom. The van der Waals surface area contributed by atoms with E-state index in [2.05, 4.69) is 0 Å². The lowest BCUT2D eigenvalue weighted by Gasteiger charge is -2.25. The molecule has 1 atom stereocenters. The van der Waals surface area contributed by atoms with Gasteiger partial charge in [0.25, 0.3) is 11.2 Å². The van der Waals surface area contributed by atoms with Gasteiger partial charge in [0.05, 0.1) is 52.1 Å². The summed E-state index contributed by atoms with van der Waals surface area (Å²) in [6.07, 6.45) is 2.78. The van der Waals surface area contributed by atoms with E-state index >= 15 is 0 Å². The van der Waals surface area contributed by atoms with E-state index in [1.54, 1.807) is 55.5 Å². The Bertz CT molecular complexity index is 2000. The summed E-state index contributed by atoms with van der Waals surface area (Å²) in [5, 5.41) is 11.7. The fourth-order valence-corrected chi connectivity index (χ4v) is 6.22. The highest BCUT2D eigenvalue weighted by Crippen LogP contribution is 2.39. The van der Waals surface area contributed by atoms with Gasteiger partial charge in [-0.1, -0.05) is 30.7 Å². The molecule has 2 aliphatic heterocycles. The van der Waals surface area contributed by atoms with Gasteiger partial charge in [-0.2, -0.15) is 0 Å². The van der Waals surface area contributed by atoms with Crippen molar-refractivity contribution in [3.8, 4) is 28.6 Å². The lowest BCUT2D eigenvalue weighted by atomic mass is 9.94. The molecule has 12 nitrogen and oxygen atoms in total.